The maximum Gasteiger partial charge on any atom is 0.141 e. The molecule has 0 aromatic heterocycles. The van der Waals surface area contributed by atoms with Crippen molar-refractivity contribution in [1.29, 1.82) is 0 Å². The Morgan fingerprint density at radius 2 is 1.93 bits per heavy atom. The van der Waals surface area contributed by atoms with Crippen molar-refractivity contribution in [3.8, 4) is 11.8 Å². The Hall–Kier alpha value is -1.40. The molecule has 0 aliphatic rings. The van der Waals surface area contributed by atoms with E-state index in [1.54, 1.807) is 0 Å². The predicted octanol–water partition coefficient (Wildman–Crippen LogP) is 2.09. The number of rotatable bonds is 0. The molecule has 0 heterocycles. The van der Waals surface area contributed by atoms with Crippen LogP contribution in [0.2, 0.25) is 0 Å². The average molecular weight is 196 g/mol. The highest BCUT2D eigenvalue weighted by Crippen LogP contribution is 2.08. The fraction of sp³-hybridized carbons (Fsp3) is 0.273. The molecular formula is C11H10F2O. The van der Waals surface area contributed by atoms with Crippen molar-refractivity contribution in [3.63, 3.8) is 0 Å². The first-order valence-electron chi connectivity index (χ1n) is 4.09. The second-order valence-electron chi connectivity index (χ2n) is 3.43. The molecule has 1 rings (SSSR count). The molecule has 0 bridgehead atoms. The highest BCUT2D eigenvalue weighted by Gasteiger charge is 2.07. The lowest BCUT2D eigenvalue weighted by Gasteiger charge is -2.05. The highest BCUT2D eigenvalue weighted by molar-refractivity contribution is 5.37. The first kappa shape index (κ1) is 10.7. The van der Waals surface area contributed by atoms with Gasteiger partial charge in [-0.3, -0.25) is 0 Å². The van der Waals surface area contributed by atoms with E-state index in [-0.39, 0.29) is 5.56 Å². The Bertz CT molecular complexity index is 394. The predicted molar refractivity (Wildman–Crippen MR) is 49.5 cm³/mol. The van der Waals surface area contributed by atoms with Crippen molar-refractivity contribution >= 4 is 0 Å². The minimum Gasteiger partial charge on any atom is -0.378 e. The van der Waals surface area contributed by atoms with Gasteiger partial charge in [-0.1, -0.05) is 11.8 Å². The zero-order valence-electron chi connectivity index (χ0n) is 7.94. The second kappa shape index (κ2) is 3.77. The van der Waals surface area contributed by atoms with Crippen molar-refractivity contribution in [2.24, 2.45) is 0 Å². The molecule has 0 radical (unpaired) electrons. The maximum absolute atomic E-state index is 13.0. The van der Waals surface area contributed by atoms with Crippen LogP contribution in [-0.2, 0) is 0 Å². The monoisotopic (exact) mass is 196 g/mol. The van der Waals surface area contributed by atoms with Gasteiger partial charge in [0.2, 0.25) is 0 Å². The van der Waals surface area contributed by atoms with Crippen LogP contribution < -0.4 is 0 Å². The van der Waals surface area contributed by atoms with E-state index in [1.165, 1.54) is 19.9 Å². The Labute approximate surface area is 81.4 Å². The van der Waals surface area contributed by atoms with Crippen molar-refractivity contribution in [3.05, 3.63) is 35.4 Å². The third-order valence-corrected chi connectivity index (χ3v) is 1.43. The Balaban J connectivity index is 3.02. The van der Waals surface area contributed by atoms with Gasteiger partial charge in [-0.25, -0.2) is 8.78 Å². The summed E-state index contributed by atoms with van der Waals surface area (Å²) in [6, 6.07) is 3.12. The third-order valence-electron chi connectivity index (χ3n) is 1.43. The fourth-order valence-electron chi connectivity index (χ4n) is 0.811. The summed E-state index contributed by atoms with van der Waals surface area (Å²) in [6.07, 6.45) is 0. The summed E-state index contributed by atoms with van der Waals surface area (Å²) in [7, 11) is 0. The molecule has 1 nitrogen and oxygen atoms in total. The molecule has 1 N–H and O–H groups in total. The standard InChI is InChI=1S/C11H10F2O/c1-11(2,14)6-5-8-3-4-9(12)7-10(8)13/h3-4,7,14H,1-2H3. The van der Waals surface area contributed by atoms with E-state index in [0.717, 1.165) is 12.1 Å². The summed E-state index contributed by atoms with van der Waals surface area (Å²) in [6.45, 7) is 2.98. The van der Waals surface area contributed by atoms with Crippen LogP contribution in [0.4, 0.5) is 8.78 Å². The summed E-state index contributed by atoms with van der Waals surface area (Å²) in [5.74, 6) is 3.52. The van der Waals surface area contributed by atoms with Crippen molar-refractivity contribution < 1.29 is 13.9 Å². The molecule has 0 atom stereocenters. The Kier molecular flexibility index (Phi) is 2.87. The molecule has 0 fully saturated rings. The summed E-state index contributed by atoms with van der Waals surface area (Å²) < 4.78 is 25.5. The van der Waals surface area contributed by atoms with Gasteiger partial charge in [0.05, 0.1) is 5.56 Å². The van der Waals surface area contributed by atoms with Gasteiger partial charge >= 0.3 is 0 Å². The number of hydrogen-bond acceptors (Lipinski definition) is 1. The van der Waals surface area contributed by atoms with Crippen molar-refractivity contribution in [2.75, 3.05) is 0 Å². The smallest absolute Gasteiger partial charge is 0.141 e. The molecule has 0 saturated heterocycles. The summed E-state index contributed by atoms with van der Waals surface area (Å²) in [5, 5.41) is 9.25. The fourth-order valence-corrected chi connectivity index (χ4v) is 0.811. The van der Waals surface area contributed by atoms with Crippen LogP contribution in [0.3, 0.4) is 0 Å². The molecule has 0 saturated carbocycles. The molecule has 0 spiro atoms. The quantitative estimate of drug-likeness (QED) is 0.630. The van der Waals surface area contributed by atoms with Gasteiger partial charge in [0.1, 0.15) is 17.2 Å². The highest BCUT2D eigenvalue weighted by atomic mass is 19.1. The van der Waals surface area contributed by atoms with E-state index in [9.17, 15) is 13.9 Å². The minimum atomic E-state index is -1.18. The molecule has 0 aliphatic heterocycles. The molecular weight excluding hydrogens is 186 g/mol. The van der Waals surface area contributed by atoms with E-state index in [4.69, 9.17) is 0 Å². The summed E-state index contributed by atoms with van der Waals surface area (Å²) in [5.41, 5.74) is -1.10. The van der Waals surface area contributed by atoms with E-state index >= 15 is 0 Å². The molecule has 1 aromatic rings. The Morgan fingerprint density at radius 1 is 1.29 bits per heavy atom. The van der Waals surface area contributed by atoms with Gasteiger partial charge in [-0.2, -0.15) is 0 Å². The normalized spacial score (nSPS) is 10.6. The SMILES string of the molecule is CC(C)(O)C#Cc1ccc(F)cc1F. The topological polar surface area (TPSA) is 20.2 Å². The van der Waals surface area contributed by atoms with Gasteiger partial charge in [0, 0.05) is 6.07 Å². The second-order valence-corrected chi connectivity index (χ2v) is 3.43. The number of aliphatic hydroxyl groups is 1. The van der Waals surface area contributed by atoms with E-state index < -0.39 is 17.2 Å². The number of halogens is 2. The lowest BCUT2D eigenvalue weighted by Crippen LogP contribution is -2.14. The summed E-state index contributed by atoms with van der Waals surface area (Å²) >= 11 is 0. The lowest BCUT2D eigenvalue weighted by molar-refractivity contribution is 0.143. The number of hydrogen-bond donors (Lipinski definition) is 1. The van der Waals surface area contributed by atoms with Crippen LogP contribution in [0, 0.1) is 23.5 Å². The zero-order valence-corrected chi connectivity index (χ0v) is 7.94. The van der Waals surface area contributed by atoms with Gasteiger partial charge in [-0.05, 0) is 26.0 Å². The number of benzene rings is 1. The van der Waals surface area contributed by atoms with Gasteiger partial charge in [0.25, 0.3) is 0 Å². The van der Waals surface area contributed by atoms with E-state index in [0.29, 0.717) is 0 Å². The first-order chi connectivity index (χ1) is 6.38. The van der Waals surface area contributed by atoms with Crippen LogP contribution in [0.1, 0.15) is 19.4 Å². The minimum absolute atomic E-state index is 0.0773. The molecule has 74 valence electrons. The summed E-state index contributed by atoms with van der Waals surface area (Å²) in [4.78, 5) is 0. The van der Waals surface area contributed by atoms with Crippen LogP contribution in [0.5, 0.6) is 0 Å². The molecule has 1 aromatic carbocycles. The molecule has 3 heteroatoms. The average Bonchev–Trinajstić information content (AvgIpc) is 2.00. The molecule has 0 unspecified atom stereocenters. The van der Waals surface area contributed by atoms with Gasteiger partial charge < -0.3 is 5.11 Å². The van der Waals surface area contributed by atoms with Gasteiger partial charge in [-0.15, -0.1) is 0 Å². The van der Waals surface area contributed by atoms with Crippen LogP contribution in [0.15, 0.2) is 18.2 Å². The van der Waals surface area contributed by atoms with Gasteiger partial charge in [0.15, 0.2) is 0 Å². The van der Waals surface area contributed by atoms with Crippen LogP contribution >= 0.6 is 0 Å². The van der Waals surface area contributed by atoms with Crippen molar-refractivity contribution in [1.82, 2.24) is 0 Å². The lowest BCUT2D eigenvalue weighted by atomic mass is 10.1. The molecule has 14 heavy (non-hydrogen) atoms. The largest absolute Gasteiger partial charge is 0.378 e. The molecule has 0 amide bonds. The maximum atomic E-state index is 13.0. The van der Waals surface area contributed by atoms with Crippen LogP contribution in [0.25, 0.3) is 0 Å². The zero-order chi connectivity index (χ0) is 10.8. The Morgan fingerprint density at radius 3 is 2.43 bits per heavy atom. The van der Waals surface area contributed by atoms with Crippen LogP contribution in [-0.4, -0.2) is 10.7 Å². The first-order valence-corrected chi connectivity index (χ1v) is 4.09. The van der Waals surface area contributed by atoms with E-state index in [1.807, 2.05) is 0 Å². The molecule has 0 aliphatic carbocycles. The van der Waals surface area contributed by atoms with Crippen molar-refractivity contribution in [2.45, 2.75) is 19.4 Å². The van der Waals surface area contributed by atoms with E-state index in [2.05, 4.69) is 11.8 Å². The third kappa shape index (κ3) is 3.15.